The van der Waals surface area contributed by atoms with E-state index in [0.29, 0.717) is 16.8 Å². The van der Waals surface area contributed by atoms with Crippen LogP contribution in [0.2, 0.25) is 0 Å². The molecule has 0 N–H and O–H groups in total. The summed E-state index contributed by atoms with van der Waals surface area (Å²) in [5.74, 6) is 0.147. The van der Waals surface area contributed by atoms with Crippen LogP contribution in [-0.2, 0) is 0 Å². The Morgan fingerprint density at radius 2 is 2.05 bits per heavy atom. The maximum atomic E-state index is 12.6. The number of pyridine rings is 1. The summed E-state index contributed by atoms with van der Waals surface area (Å²) in [5, 5.41) is 11.0. The van der Waals surface area contributed by atoms with Crippen LogP contribution < -0.4 is 4.90 Å². The maximum Gasteiger partial charge on any atom is 0.284 e. The summed E-state index contributed by atoms with van der Waals surface area (Å²) in [7, 11) is 0. The molecule has 1 aromatic carbocycles. The molecule has 8 heteroatoms. The van der Waals surface area contributed by atoms with Crippen molar-refractivity contribution in [1.82, 2.24) is 4.98 Å². The molecule has 2 rings (SSSR count). The molecular formula is C14H11Br2N3O3. The van der Waals surface area contributed by atoms with E-state index >= 15 is 0 Å². The molecule has 0 spiro atoms. The Bertz CT molecular complexity index is 720. The van der Waals surface area contributed by atoms with Gasteiger partial charge in [-0.3, -0.25) is 19.8 Å². The molecule has 0 atom stereocenters. The maximum absolute atomic E-state index is 12.6. The molecule has 114 valence electrons. The first-order valence-electron chi connectivity index (χ1n) is 6.31. The normalized spacial score (nSPS) is 10.3. The average Bonchev–Trinajstić information content (AvgIpc) is 2.50. The van der Waals surface area contributed by atoms with Gasteiger partial charge in [0.2, 0.25) is 0 Å². The fourth-order valence-corrected chi connectivity index (χ4v) is 2.50. The number of hydrogen-bond donors (Lipinski definition) is 0. The minimum absolute atomic E-state index is 0.148. The van der Waals surface area contributed by atoms with E-state index in [2.05, 4.69) is 36.8 Å². The third-order valence-corrected chi connectivity index (χ3v) is 4.08. The molecule has 0 aliphatic heterocycles. The Kier molecular flexibility index (Phi) is 5.25. The number of anilines is 1. The zero-order valence-electron chi connectivity index (χ0n) is 11.5. The Balaban J connectivity index is 2.38. The van der Waals surface area contributed by atoms with Gasteiger partial charge in [-0.2, -0.15) is 0 Å². The molecule has 0 fully saturated rings. The Morgan fingerprint density at radius 1 is 1.32 bits per heavy atom. The van der Waals surface area contributed by atoms with Gasteiger partial charge in [0.15, 0.2) is 0 Å². The van der Waals surface area contributed by atoms with Gasteiger partial charge in [-0.05, 0) is 63.0 Å². The molecular weight excluding hydrogens is 418 g/mol. The van der Waals surface area contributed by atoms with Crippen LogP contribution in [0.3, 0.4) is 0 Å². The smallest absolute Gasteiger partial charge is 0.284 e. The van der Waals surface area contributed by atoms with Crippen molar-refractivity contribution < 1.29 is 9.72 Å². The van der Waals surface area contributed by atoms with E-state index in [-0.39, 0.29) is 17.2 Å². The lowest BCUT2D eigenvalue weighted by Gasteiger charge is -2.20. The standard InChI is InChI=1S/C14H11Br2N3O3/c1-2-18(13-6-4-10(15)8-17-13)14(20)9-3-5-11(16)12(7-9)19(21)22/h3-8H,2H2,1H3. The minimum Gasteiger partial charge on any atom is -0.293 e. The molecule has 1 amide bonds. The number of amides is 1. The van der Waals surface area contributed by atoms with E-state index in [4.69, 9.17) is 0 Å². The molecule has 1 heterocycles. The van der Waals surface area contributed by atoms with Crippen LogP contribution >= 0.6 is 31.9 Å². The average molecular weight is 429 g/mol. The molecule has 0 saturated carbocycles. The Morgan fingerprint density at radius 3 is 2.59 bits per heavy atom. The van der Waals surface area contributed by atoms with Crippen LogP contribution in [0.4, 0.5) is 11.5 Å². The topological polar surface area (TPSA) is 76.3 Å². The van der Waals surface area contributed by atoms with E-state index in [1.165, 1.54) is 17.0 Å². The number of benzene rings is 1. The summed E-state index contributed by atoms with van der Waals surface area (Å²) in [6.45, 7) is 2.21. The van der Waals surface area contributed by atoms with Crippen LogP contribution in [0, 0.1) is 10.1 Å². The lowest BCUT2D eigenvalue weighted by molar-refractivity contribution is -0.385. The second kappa shape index (κ2) is 6.97. The van der Waals surface area contributed by atoms with Crippen molar-refractivity contribution >= 4 is 49.3 Å². The summed E-state index contributed by atoms with van der Waals surface area (Å²) in [5.41, 5.74) is 0.0899. The fourth-order valence-electron chi connectivity index (χ4n) is 1.88. The number of carbonyl (C=O) groups is 1. The SMILES string of the molecule is CCN(C(=O)c1ccc(Br)c([N+](=O)[O-])c1)c1ccc(Br)cn1. The van der Waals surface area contributed by atoms with E-state index in [1.54, 1.807) is 24.4 Å². The fraction of sp³-hybridized carbons (Fsp3) is 0.143. The Hall–Kier alpha value is -1.80. The van der Waals surface area contributed by atoms with Crippen LogP contribution in [-0.4, -0.2) is 22.4 Å². The highest BCUT2D eigenvalue weighted by Crippen LogP contribution is 2.27. The second-order valence-corrected chi connectivity index (χ2v) is 6.08. The highest BCUT2D eigenvalue weighted by atomic mass is 79.9. The van der Waals surface area contributed by atoms with Gasteiger partial charge in [0.05, 0.1) is 9.40 Å². The molecule has 0 radical (unpaired) electrons. The van der Waals surface area contributed by atoms with Crippen molar-refractivity contribution in [3.05, 3.63) is 61.2 Å². The number of rotatable bonds is 4. The summed E-state index contributed by atoms with van der Waals surface area (Å²) in [4.78, 5) is 28.7. The van der Waals surface area contributed by atoms with Gasteiger partial charge in [-0.15, -0.1) is 0 Å². The minimum atomic E-state index is -0.533. The molecule has 22 heavy (non-hydrogen) atoms. The van der Waals surface area contributed by atoms with Crippen LogP contribution in [0.25, 0.3) is 0 Å². The quantitative estimate of drug-likeness (QED) is 0.540. The van der Waals surface area contributed by atoms with Crippen molar-refractivity contribution in [1.29, 1.82) is 0 Å². The lowest BCUT2D eigenvalue weighted by Crippen LogP contribution is -2.31. The van der Waals surface area contributed by atoms with Gasteiger partial charge in [-0.25, -0.2) is 4.98 Å². The predicted molar refractivity (Wildman–Crippen MR) is 90.1 cm³/mol. The molecule has 0 aliphatic carbocycles. The van der Waals surface area contributed by atoms with Crippen molar-refractivity contribution in [2.45, 2.75) is 6.92 Å². The highest BCUT2D eigenvalue weighted by molar-refractivity contribution is 9.10. The first-order valence-corrected chi connectivity index (χ1v) is 7.90. The zero-order chi connectivity index (χ0) is 16.3. The lowest BCUT2D eigenvalue weighted by atomic mass is 10.1. The molecule has 2 aromatic rings. The summed E-state index contributed by atoms with van der Waals surface area (Å²) < 4.78 is 1.14. The van der Waals surface area contributed by atoms with Gasteiger partial charge >= 0.3 is 0 Å². The summed E-state index contributed by atoms with van der Waals surface area (Å²) in [6.07, 6.45) is 1.59. The van der Waals surface area contributed by atoms with Crippen LogP contribution in [0.15, 0.2) is 45.5 Å². The monoisotopic (exact) mass is 427 g/mol. The summed E-state index contributed by atoms with van der Waals surface area (Å²) in [6, 6.07) is 7.78. The number of carbonyl (C=O) groups excluding carboxylic acids is 1. The molecule has 0 unspecified atom stereocenters. The molecule has 0 bridgehead atoms. The van der Waals surface area contributed by atoms with Gasteiger partial charge in [0.1, 0.15) is 5.82 Å². The van der Waals surface area contributed by atoms with Crippen molar-refractivity contribution in [3.63, 3.8) is 0 Å². The van der Waals surface area contributed by atoms with Gasteiger partial charge < -0.3 is 0 Å². The van der Waals surface area contributed by atoms with Crippen LogP contribution in [0.5, 0.6) is 0 Å². The Labute approximate surface area is 143 Å². The van der Waals surface area contributed by atoms with Gasteiger partial charge in [-0.1, -0.05) is 0 Å². The molecule has 1 aromatic heterocycles. The number of hydrogen-bond acceptors (Lipinski definition) is 4. The number of nitrogens with zero attached hydrogens (tertiary/aromatic N) is 3. The second-order valence-electron chi connectivity index (χ2n) is 4.31. The van der Waals surface area contributed by atoms with Crippen molar-refractivity contribution in [3.8, 4) is 0 Å². The highest BCUT2D eigenvalue weighted by Gasteiger charge is 2.21. The number of nitro groups is 1. The number of halogens is 2. The predicted octanol–water partition coefficient (Wildman–Crippen LogP) is 4.18. The molecule has 6 nitrogen and oxygen atoms in total. The summed E-state index contributed by atoms with van der Waals surface area (Å²) >= 11 is 6.39. The van der Waals surface area contributed by atoms with E-state index in [0.717, 1.165) is 4.47 Å². The number of aromatic nitrogens is 1. The largest absolute Gasteiger partial charge is 0.293 e. The molecule has 0 saturated heterocycles. The van der Waals surface area contributed by atoms with E-state index in [9.17, 15) is 14.9 Å². The molecule has 0 aliphatic rings. The van der Waals surface area contributed by atoms with Gasteiger partial charge in [0.25, 0.3) is 11.6 Å². The third-order valence-electron chi connectivity index (χ3n) is 2.94. The van der Waals surface area contributed by atoms with Crippen molar-refractivity contribution in [2.75, 3.05) is 11.4 Å². The van der Waals surface area contributed by atoms with Crippen molar-refractivity contribution in [2.24, 2.45) is 0 Å². The number of nitro benzene ring substituents is 1. The van der Waals surface area contributed by atoms with Crippen LogP contribution in [0.1, 0.15) is 17.3 Å². The van der Waals surface area contributed by atoms with Gasteiger partial charge in [0, 0.05) is 28.8 Å². The third kappa shape index (κ3) is 3.50. The first kappa shape index (κ1) is 16.6. The van der Waals surface area contributed by atoms with E-state index < -0.39 is 4.92 Å². The first-order chi connectivity index (χ1) is 10.4. The van der Waals surface area contributed by atoms with E-state index in [1.807, 2.05) is 6.92 Å². The zero-order valence-corrected chi connectivity index (χ0v) is 14.7.